The van der Waals surface area contributed by atoms with E-state index in [9.17, 15) is 23.3 Å². The van der Waals surface area contributed by atoms with Crippen molar-refractivity contribution in [3.63, 3.8) is 0 Å². The number of fused-ring (bicyclic) bond motifs is 1. The SMILES string of the molecule is CC(C)(C)OC(=O)NCCCOc1ccn2ncc(-c3cccc(NS(=O)(=O)c4ccccc4[N+](=O)[O-])c3)c2n1. The van der Waals surface area contributed by atoms with Gasteiger partial charge in [-0.2, -0.15) is 10.1 Å². The summed E-state index contributed by atoms with van der Waals surface area (Å²) in [6.07, 6.45) is 3.30. The number of nitro groups is 1. The van der Waals surface area contributed by atoms with Gasteiger partial charge in [-0.05, 0) is 51.0 Å². The maximum absolute atomic E-state index is 12.9. The standard InChI is InChI=1S/C26H28N6O7S/c1-26(2,3)39-25(33)27-13-7-15-38-23-12-14-31-24(29-23)20(17-28-31)18-8-6-9-19(16-18)30-40(36,37)22-11-5-4-10-21(22)32(34)35/h4-6,8-12,14,16-17,30H,7,13,15H2,1-3H3,(H,27,33). The van der Waals surface area contributed by atoms with Crippen LogP contribution in [-0.4, -0.2) is 52.8 Å². The van der Waals surface area contributed by atoms with Crippen molar-refractivity contribution in [1.82, 2.24) is 19.9 Å². The Labute approximate surface area is 230 Å². The molecule has 2 heterocycles. The van der Waals surface area contributed by atoms with Crippen molar-refractivity contribution in [2.24, 2.45) is 0 Å². The molecule has 0 aliphatic heterocycles. The molecule has 2 aromatic carbocycles. The number of nitro benzene ring substituents is 1. The molecule has 0 bridgehead atoms. The molecule has 0 aliphatic rings. The van der Waals surface area contributed by atoms with Crippen LogP contribution in [0.15, 0.2) is 71.9 Å². The van der Waals surface area contributed by atoms with Gasteiger partial charge in [0.2, 0.25) is 5.88 Å². The summed E-state index contributed by atoms with van der Waals surface area (Å²) in [5, 5.41) is 18.3. The minimum absolute atomic E-state index is 0.208. The maximum Gasteiger partial charge on any atom is 0.407 e. The van der Waals surface area contributed by atoms with Crippen molar-refractivity contribution < 1.29 is 27.6 Å². The molecule has 0 saturated carbocycles. The summed E-state index contributed by atoms with van der Waals surface area (Å²) in [4.78, 5) is 26.4. The lowest BCUT2D eigenvalue weighted by Crippen LogP contribution is -2.33. The quantitative estimate of drug-likeness (QED) is 0.160. The van der Waals surface area contributed by atoms with Crippen molar-refractivity contribution >= 4 is 33.1 Å². The van der Waals surface area contributed by atoms with E-state index in [0.717, 1.165) is 6.07 Å². The fourth-order valence-electron chi connectivity index (χ4n) is 3.69. The summed E-state index contributed by atoms with van der Waals surface area (Å²) >= 11 is 0. The molecular formula is C26H28N6O7S. The van der Waals surface area contributed by atoms with Crippen molar-refractivity contribution in [2.45, 2.75) is 37.7 Å². The van der Waals surface area contributed by atoms with E-state index in [-0.39, 0.29) is 5.69 Å². The third-order valence-electron chi connectivity index (χ3n) is 5.36. The molecule has 40 heavy (non-hydrogen) atoms. The average Bonchev–Trinajstić information content (AvgIpc) is 3.31. The van der Waals surface area contributed by atoms with Gasteiger partial charge in [0.25, 0.3) is 15.7 Å². The first kappa shape index (κ1) is 28.3. The predicted molar refractivity (Wildman–Crippen MR) is 147 cm³/mol. The zero-order valence-corrected chi connectivity index (χ0v) is 22.8. The number of amides is 1. The smallest absolute Gasteiger partial charge is 0.407 e. The van der Waals surface area contributed by atoms with Crippen LogP contribution in [0.1, 0.15) is 27.2 Å². The van der Waals surface area contributed by atoms with Crippen LogP contribution in [-0.2, 0) is 14.8 Å². The van der Waals surface area contributed by atoms with Gasteiger partial charge in [-0.25, -0.2) is 17.7 Å². The number of carbonyl (C=O) groups excluding carboxylic acids is 1. The lowest BCUT2D eigenvalue weighted by Gasteiger charge is -2.19. The summed E-state index contributed by atoms with van der Waals surface area (Å²) in [6, 6.07) is 13.3. The molecule has 210 valence electrons. The van der Waals surface area contributed by atoms with Crippen LogP contribution in [0.25, 0.3) is 16.8 Å². The Hall–Kier alpha value is -4.72. The van der Waals surface area contributed by atoms with Gasteiger partial charge in [0, 0.05) is 36.1 Å². The Kier molecular flexibility index (Phi) is 8.18. The molecule has 0 unspecified atom stereocenters. The molecule has 0 fully saturated rings. The van der Waals surface area contributed by atoms with E-state index in [1.54, 1.807) is 61.9 Å². The number of alkyl carbamates (subject to hydrolysis) is 1. The van der Waals surface area contributed by atoms with Crippen molar-refractivity contribution in [3.8, 4) is 17.0 Å². The Morgan fingerprint density at radius 3 is 2.65 bits per heavy atom. The fraction of sp³-hybridized carbons (Fsp3) is 0.269. The minimum Gasteiger partial charge on any atom is -0.478 e. The fourth-order valence-corrected chi connectivity index (χ4v) is 4.91. The van der Waals surface area contributed by atoms with Crippen molar-refractivity contribution in [2.75, 3.05) is 17.9 Å². The summed E-state index contributed by atoms with van der Waals surface area (Å²) in [6.45, 7) is 6.02. The number of nitrogens with one attached hydrogen (secondary N) is 2. The zero-order valence-electron chi connectivity index (χ0n) is 22.0. The predicted octanol–water partition coefficient (Wildman–Crippen LogP) is 4.40. The minimum atomic E-state index is -4.24. The Morgan fingerprint density at radius 1 is 1.12 bits per heavy atom. The molecular weight excluding hydrogens is 540 g/mol. The van der Waals surface area contributed by atoms with Crippen molar-refractivity contribution in [3.05, 3.63) is 77.1 Å². The van der Waals surface area contributed by atoms with E-state index in [2.05, 4.69) is 20.1 Å². The van der Waals surface area contributed by atoms with Crippen LogP contribution in [0.2, 0.25) is 0 Å². The molecule has 0 saturated heterocycles. The van der Waals surface area contributed by atoms with Gasteiger partial charge in [-0.3, -0.25) is 14.8 Å². The van der Waals surface area contributed by atoms with E-state index in [0.29, 0.717) is 42.2 Å². The molecule has 4 aromatic rings. The van der Waals surface area contributed by atoms with E-state index >= 15 is 0 Å². The third kappa shape index (κ3) is 7.02. The van der Waals surface area contributed by atoms with Gasteiger partial charge in [-0.15, -0.1) is 0 Å². The van der Waals surface area contributed by atoms with Crippen LogP contribution in [0.4, 0.5) is 16.2 Å². The van der Waals surface area contributed by atoms with Gasteiger partial charge in [0.1, 0.15) is 5.60 Å². The molecule has 2 N–H and O–H groups in total. The summed E-state index contributed by atoms with van der Waals surface area (Å²) < 4.78 is 40.8. The molecule has 0 atom stereocenters. The summed E-state index contributed by atoms with van der Waals surface area (Å²) in [7, 11) is -4.24. The molecule has 0 spiro atoms. The van der Waals surface area contributed by atoms with Gasteiger partial charge in [0.15, 0.2) is 10.5 Å². The zero-order chi connectivity index (χ0) is 28.9. The third-order valence-corrected chi connectivity index (χ3v) is 6.79. The number of aromatic nitrogens is 3. The highest BCUT2D eigenvalue weighted by molar-refractivity contribution is 7.92. The number of rotatable bonds is 10. The number of sulfonamides is 1. The highest BCUT2D eigenvalue weighted by Gasteiger charge is 2.25. The van der Waals surface area contributed by atoms with E-state index in [1.807, 2.05) is 0 Å². The number of ether oxygens (including phenoxy) is 2. The Balaban J connectivity index is 1.46. The maximum atomic E-state index is 12.9. The van der Waals surface area contributed by atoms with Gasteiger partial charge < -0.3 is 14.8 Å². The summed E-state index contributed by atoms with van der Waals surface area (Å²) in [5.41, 5.74) is 0.817. The topological polar surface area (TPSA) is 167 Å². The van der Waals surface area contributed by atoms with Crippen LogP contribution in [0.3, 0.4) is 0 Å². The first-order chi connectivity index (χ1) is 18.9. The molecule has 13 nitrogen and oxygen atoms in total. The van der Waals surface area contributed by atoms with Gasteiger partial charge in [-0.1, -0.05) is 24.3 Å². The molecule has 0 aliphatic carbocycles. The van der Waals surface area contributed by atoms with Crippen molar-refractivity contribution in [1.29, 1.82) is 0 Å². The molecule has 2 aromatic heterocycles. The monoisotopic (exact) mass is 568 g/mol. The highest BCUT2D eigenvalue weighted by Crippen LogP contribution is 2.29. The lowest BCUT2D eigenvalue weighted by molar-refractivity contribution is -0.387. The number of nitrogens with zero attached hydrogens (tertiary/aromatic N) is 4. The van der Waals surface area contributed by atoms with E-state index < -0.39 is 37.2 Å². The van der Waals surface area contributed by atoms with Crippen LogP contribution >= 0.6 is 0 Å². The second-order valence-corrected chi connectivity index (χ2v) is 11.3. The molecule has 14 heteroatoms. The summed E-state index contributed by atoms with van der Waals surface area (Å²) in [5.74, 6) is 0.347. The Morgan fingerprint density at radius 2 is 1.90 bits per heavy atom. The number of hydrogen-bond donors (Lipinski definition) is 2. The van der Waals surface area contributed by atoms with E-state index in [4.69, 9.17) is 9.47 Å². The van der Waals surface area contributed by atoms with Gasteiger partial charge in [0.05, 0.1) is 17.7 Å². The van der Waals surface area contributed by atoms with Gasteiger partial charge >= 0.3 is 6.09 Å². The molecule has 4 rings (SSSR count). The largest absolute Gasteiger partial charge is 0.478 e. The lowest BCUT2D eigenvalue weighted by atomic mass is 10.1. The van der Waals surface area contributed by atoms with Crippen LogP contribution < -0.4 is 14.8 Å². The molecule has 1 amide bonds. The Bertz CT molecular complexity index is 1650. The second-order valence-electron chi connectivity index (χ2n) is 9.63. The normalized spacial score (nSPS) is 11.7. The number of para-hydroxylation sites is 1. The average molecular weight is 569 g/mol. The number of hydrogen-bond acceptors (Lipinski definition) is 9. The highest BCUT2D eigenvalue weighted by atomic mass is 32.2. The number of benzene rings is 2. The second kappa shape index (κ2) is 11.6. The first-order valence-corrected chi connectivity index (χ1v) is 13.7. The van der Waals surface area contributed by atoms with E-state index in [1.165, 1.54) is 24.3 Å². The number of carbonyl (C=O) groups is 1. The first-order valence-electron chi connectivity index (χ1n) is 12.2. The van der Waals surface area contributed by atoms with Crippen LogP contribution in [0.5, 0.6) is 5.88 Å². The van der Waals surface area contributed by atoms with Crippen LogP contribution in [0, 0.1) is 10.1 Å². The number of anilines is 1. The molecule has 0 radical (unpaired) electrons.